The van der Waals surface area contributed by atoms with Crippen molar-refractivity contribution in [1.29, 1.82) is 0 Å². The van der Waals surface area contributed by atoms with Crippen LogP contribution in [0, 0.1) is 13.8 Å². The van der Waals surface area contributed by atoms with Gasteiger partial charge in [-0.2, -0.15) is 0 Å². The Morgan fingerprint density at radius 2 is 1.59 bits per heavy atom. The molecule has 0 amide bonds. The molecule has 0 radical (unpaired) electrons. The van der Waals surface area contributed by atoms with Gasteiger partial charge in [0.05, 0.1) is 0 Å². The predicted octanol–water partition coefficient (Wildman–Crippen LogP) is 7.42. The molecule has 5 rings (SSSR count). The highest BCUT2D eigenvalue weighted by molar-refractivity contribution is 8.04. The number of hydrogen-bond donors (Lipinski definition) is 2. The lowest BCUT2D eigenvalue weighted by atomic mass is 10.1. The average molecular weight is 527 g/mol. The molecule has 0 bridgehead atoms. The maximum atomic E-state index is 12.1. The van der Waals surface area contributed by atoms with Crippen LogP contribution < -0.4 is 0 Å². The van der Waals surface area contributed by atoms with E-state index < -0.39 is 5.97 Å². The van der Waals surface area contributed by atoms with E-state index in [2.05, 4.69) is 56.1 Å². The van der Waals surface area contributed by atoms with Gasteiger partial charge in [-0.25, -0.2) is 9.78 Å². The molecule has 0 saturated heterocycles. The van der Waals surface area contributed by atoms with Gasteiger partial charge in [-0.15, -0.1) is 5.10 Å². The lowest BCUT2D eigenvalue weighted by molar-refractivity contribution is -0.131. The number of thioether (sulfide) groups is 1. The normalized spacial score (nSPS) is 11.6. The lowest BCUT2D eigenvalue weighted by Gasteiger charge is -2.11. The molecule has 0 aliphatic carbocycles. The third kappa shape index (κ3) is 5.38. The Kier molecular flexibility index (Phi) is 6.99. The average Bonchev–Trinajstić information content (AvgIpc) is 3.48. The highest BCUT2D eigenvalue weighted by Gasteiger charge is 2.17. The summed E-state index contributed by atoms with van der Waals surface area (Å²) in [6.07, 6.45) is 1.67. The third-order valence-electron chi connectivity index (χ3n) is 5.98. The van der Waals surface area contributed by atoms with Crippen molar-refractivity contribution >= 4 is 35.4 Å². The van der Waals surface area contributed by atoms with E-state index in [4.69, 9.17) is 11.6 Å². The first-order valence-electron chi connectivity index (χ1n) is 11.5. The fraction of sp³-hybridized carbons (Fsp3) is 0.0690. The molecule has 6 nitrogen and oxygen atoms in total. The van der Waals surface area contributed by atoms with Gasteiger partial charge in [0.2, 0.25) is 5.16 Å². The van der Waals surface area contributed by atoms with Crippen LogP contribution in [0.1, 0.15) is 17.0 Å². The van der Waals surface area contributed by atoms with Gasteiger partial charge in [-0.1, -0.05) is 54.1 Å². The number of rotatable bonds is 7. The van der Waals surface area contributed by atoms with E-state index in [9.17, 15) is 9.90 Å². The van der Waals surface area contributed by atoms with Gasteiger partial charge < -0.3 is 9.67 Å². The van der Waals surface area contributed by atoms with Crippen molar-refractivity contribution in [2.45, 2.75) is 19.0 Å². The van der Waals surface area contributed by atoms with Crippen LogP contribution in [0.4, 0.5) is 0 Å². The SMILES string of the molecule is Cc1cc(/C=C(\Sc2n[nH]c(-c3ccc(Cl)cc3)n2)C(=O)O)c(C)n1-c1ccc(-c2ccccc2)cc1. The number of benzene rings is 3. The maximum absolute atomic E-state index is 12.1. The zero-order valence-electron chi connectivity index (χ0n) is 20.1. The van der Waals surface area contributed by atoms with E-state index in [0.717, 1.165) is 51.1 Å². The second kappa shape index (κ2) is 10.5. The van der Waals surface area contributed by atoms with Crippen molar-refractivity contribution in [3.8, 4) is 28.2 Å². The highest BCUT2D eigenvalue weighted by Crippen LogP contribution is 2.31. The Morgan fingerprint density at radius 1 is 0.946 bits per heavy atom. The second-order valence-corrected chi connectivity index (χ2v) is 9.91. The number of carboxylic acid groups (broad SMARTS) is 1. The van der Waals surface area contributed by atoms with E-state index in [-0.39, 0.29) is 4.91 Å². The smallest absolute Gasteiger partial charge is 0.342 e. The highest BCUT2D eigenvalue weighted by atomic mass is 35.5. The molecule has 0 unspecified atom stereocenters. The van der Waals surface area contributed by atoms with Crippen LogP contribution in [0.25, 0.3) is 34.3 Å². The number of nitrogens with one attached hydrogen (secondary N) is 1. The summed E-state index contributed by atoms with van der Waals surface area (Å²) < 4.78 is 2.12. The number of aliphatic carboxylic acids is 1. The van der Waals surface area contributed by atoms with Crippen molar-refractivity contribution in [2.24, 2.45) is 0 Å². The largest absolute Gasteiger partial charge is 0.477 e. The van der Waals surface area contributed by atoms with E-state index in [0.29, 0.717) is 16.0 Å². The first-order valence-corrected chi connectivity index (χ1v) is 12.7. The minimum Gasteiger partial charge on any atom is -0.477 e. The Balaban J connectivity index is 1.41. The fourth-order valence-electron chi connectivity index (χ4n) is 4.17. The summed E-state index contributed by atoms with van der Waals surface area (Å²) in [5.41, 5.74) is 6.90. The molecule has 3 aromatic carbocycles. The summed E-state index contributed by atoms with van der Waals surface area (Å²) in [5.74, 6) is -0.499. The third-order valence-corrected chi connectivity index (χ3v) is 7.11. The van der Waals surface area contributed by atoms with Crippen molar-refractivity contribution in [2.75, 3.05) is 0 Å². The molecule has 0 aliphatic rings. The molecule has 2 aromatic heterocycles. The van der Waals surface area contributed by atoms with Gasteiger partial charge in [0, 0.05) is 27.7 Å². The van der Waals surface area contributed by atoms with E-state index in [1.165, 1.54) is 0 Å². The zero-order chi connectivity index (χ0) is 25.9. The summed E-state index contributed by atoms with van der Waals surface area (Å²) in [5, 5.41) is 17.9. The Hall–Kier alpha value is -4.07. The number of carboxylic acids is 1. The van der Waals surface area contributed by atoms with E-state index in [1.54, 1.807) is 18.2 Å². The van der Waals surface area contributed by atoms with Gasteiger partial charge >= 0.3 is 5.97 Å². The summed E-state index contributed by atoms with van der Waals surface area (Å²) in [6.45, 7) is 4.00. The quantitative estimate of drug-likeness (QED) is 0.170. The molecule has 2 heterocycles. The molecule has 5 aromatic rings. The summed E-state index contributed by atoms with van der Waals surface area (Å²) >= 11 is 6.96. The first-order chi connectivity index (χ1) is 17.9. The topological polar surface area (TPSA) is 83.8 Å². The molecule has 0 spiro atoms. The van der Waals surface area contributed by atoms with E-state index >= 15 is 0 Å². The minimum atomic E-state index is -1.04. The van der Waals surface area contributed by atoms with Crippen molar-refractivity contribution < 1.29 is 9.90 Å². The number of aromatic amines is 1. The van der Waals surface area contributed by atoms with Crippen molar-refractivity contribution in [1.82, 2.24) is 19.7 Å². The molecule has 2 N–H and O–H groups in total. The molecule has 37 heavy (non-hydrogen) atoms. The summed E-state index contributed by atoms with van der Waals surface area (Å²) in [6, 6.07) is 27.7. The Morgan fingerprint density at radius 3 is 2.27 bits per heavy atom. The maximum Gasteiger partial charge on any atom is 0.342 e. The predicted molar refractivity (Wildman–Crippen MR) is 149 cm³/mol. The van der Waals surface area contributed by atoms with Gasteiger partial charge in [-0.3, -0.25) is 5.10 Å². The van der Waals surface area contributed by atoms with Gasteiger partial charge in [0.25, 0.3) is 0 Å². The number of halogens is 1. The minimum absolute atomic E-state index is 0.126. The zero-order valence-corrected chi connectivity index (χ0v) is 21.7. The van der Waals surface area contributed by atoms with Crippen LogP contribution in [0.2, 0.25) is 5.02 Å². The van der Waals surface area contributed by atoms with Crippen molar-refractivity contribution in [3.63, 3.8) is 0 Å². The molecule has 184 valence electrons. The summed E-state index contributed by atoms with van der Waals surface area (Å²) in [7, 11) is 0. The van der Waals surface area contributed by atoms with Crippen LogP contribution in [0.5, 0.6) is 0 Å². The molecule has 0 atom stereocenters. The van der Waals surface area contributed by atoms with Crippen LogP contribution in [0.3, 0.4) is 0 Å². The Labute approximate surface area is 223 Å². The van der Waals surface area contributed by atoms with Crippen LogP contribution in [-0.4, -0.2) is 30.8 Å². The summed E-state index contributed by atoms with van der Waals surface area (Å²) in [4.78, 5) is 16.7. The molecule has 0 fully saturated rings. The first kappa shape index (κ1) is 24.6. The van der Waals surface area contributed by atoms with Gasteiger partial charge in [0.1, 0.15) is 4.91 Å². The molecule has 0 aliphatic heterocycles. The number of H-pyrrole nitrogens is 1. The van der Waals surface area contributed by atoms with Crippen LogP contribution in [-0.2, 0) is 4.79 Å². The fourth-order valence-corrected chi connectivity index (χ4v) is 4.99. The number of nitrogens with zero attached hydrogens (tertiary/aromatic N) is 3. The molecule has 0 saturated carbocycles. The lowest BCUT2D eigenvalue weighted by Crippen LogP contribution is -2.00. The molecular formula is C29H23ClN4O2S. The van der Waals surface area contributed by atoms with Crippen LogP contribution >= 0.6 is 23.4 Å². The number of aryl methyl sites for hydroxylation is 1. The molecular weight excluding hydrogens is 504 g/mol. The standard InChI is InChI=1S/C29H23ClN4O2S/c1-18-16-23(19(2)34(18)25-14-10-21(11-15-25)20-6-4-3-5-7-20)17-26(28(35)36)37-29-31-27(32-33-29)22-8-12-24(30)13-9-22/h3-17H,1-2H3,(H,35,36)(H,31,32,33)/b26-17-. The monoisotopic (exact) mass is 526 g/mol. The van der Waals surface area contributed by atoms with Gasteiger partial charge in [0.15, 0.2) is 5.82 Å². The van der Waals surface area contributed by atoms with E-state index in [1.807, 2.05) is 50.2 Å². The number of carbonyl (C=O) groups is 1. The Bertz CT molecular complexity index is 1590. The second-order valence-electron chi connectivity index (χ2n) is 8.46. The van der Waals surface area contributed by atoms with Gasteiger partial charge in [-0.05, 0) is 90.8 Å². The number of aromatic nitrogens is 4. The molecule has 8 heteroatoms. The van der Waals surface area contributed by atoms with Crippen molar-refractivity contribution in [3.05, 3.63) is 112 Å². The van der Waals surface area contributed by atoms with Crippen LogP contribution in [0.15, 0.2) is 95.0 Å². The number of hydrogen-bond acceptors (Lipinski definition) is 4.